The van der Waals surface area contributed by atoms with E-state index in [1.165, 1.54) is 7.11 Å². The SMILES string of the molecule is COc1cccc(C(C)NCC(O)C(F)(F)F)c1. The van der Waals surface area contributed by atoms with Gasteiger partial charge in [0.2, 0.25) is 0 Å². The van der Waals surface area contributed by atoms with Crippen molar-refractivity contribution < 1.29 is 23.0 Å². The van der Waals surface area contributed by atoms with Crippen LogP contribution in [0.15, 0.2) is 24.3 Å². The monoisotopic (exact) mass is 263 g/mol. The minimum absolute atomic E-state index is 0.308. The molecule has 0 spiro atoms. The molecular weight excluding hydrogens is 247 g/mol. The van der Waals surface area contributed by atoms with Gasteiger partial charge < -0.3 is 15.2 Å². The van der Waals surface area contributed by atoms with Gasteiger partial charge in [0.1, 0.15) is 5.75 Å². The smallest absolute Gasteiger partial charge is 0.415 e. The highest BCUT2D eigenvalue weighted by Gasteiger charge is 2.37. The Kier molecular flexibility index (Phi) is 4.98. The number of aliphatic hydroxyl groups is 1. The Morgan fingerprint density at radius 1 is 1.39 bits per heavy atom. The van der Waals surface area contributed by atoms with Crippen molar-refractivity contribution in [2.24, 2.45) is 0 Å². The fourth-order valence-corrected chi connectivity index (χ4v) is 1.43. The summed E-state index contributed by atoms with van der Waals surface area (Å²) < 4.78 is 41.4. The van der Waals surface area contributed by atoms with E-state index in [0.29, 0.717) is 5.75 Å². The summed E-state index contributed by atoms with van der Waals surface area (Å²) in [6, 6.07) is 6.71. The van der Waals surface area contributed by atoms with Crippen LogP contribution in [-0.2, 0) is 0 Å². The van der Waals surface area contributed by atoms with Crippen molar-refractivity contribution in [2.75, 3.05) is 13.7 Å². The molecule has 1 aromatic carbocycles. The van der Waals surface area contributed by atoms with Gasteiger partial charge in [0.05, 0.1) is 7.11 Å². The van der Waals surface area contributed by atoms with Gasteiger partial charge in [0, 0.05) is 12.6 Å². The zero-order valence-corrected chi connectivity index (χ0v) is 10.2. The lowest BCUT2D eigenvalue weighted by molar-refractivity contribution is -0.202. The Morgan fingerprint density at radius 3 is 2.61 bits per heavy atom. The van der Waals surface area contributed by atoms with Gasteiger partial charge in [0.25, 0.3) is 0 Å². The van der Waals surface area contributed by atoms with Crippen LogP contribution in [0.2, 0.25) is 0 Å². The number of halogens is 3. The number of rotatable bonds is 5. The van der Waals surface area contributed by atoms with Crippen LogP contribution < -0.4 is 10.1 Å². The van der Waals surface area contributed by atoms with E-state index in [0.717, 1.165) is 5.56 Å². The van der Waals surface area contributed by atoms with E-state index in [2.05, 4.69) is 5.32 Å². The summed E-state index contributed by atoms with van der Waals surface area (Å²) in [6.07, 6.45) is -6.95. The van der Waals surface area contributed by atoms with Crippen molar-refractivity contribution in [1.82, 2.24) is 5.32 Å². The Bertz CT molecular complexity index is 382. The average molecular weight is 263 g/mol. The molecule has 1 aromatic rings. The highest BCUT2D eigenvalue weighted by molar-refractivity contribution is 5.30. The first-order chi connectivity index (χ1) is 8.34. The molecule has 0 bridgehead atoms. The number of alkyl halides is 3. The maximum absolute atomic E-state index is 12.1. The van der Waals surface area contributed by atoms with Crippen molar-refractivity contribution in [3.8, 4) is 5.75 Å². The summed E-state index contributed by atoms with van der Waals surface area (Å²) in [6.45, 7) is 1.18. The molecule has 0 aromatic heterocycles. The number of nitrogens with one attached hydrogen (secondary N) is 1. The predicted molar refractivity (Wildman–Crippen MR) is 61.5 cm³/mol. The van der Waals surface area contributed by atoms with E-state index < -0.39 is 18.8 Å². The van der Waals surface area contributed by atoms with E-state index in [4.69, 9.17) is 9.84 Å². The first kappa shape index (κ1) is 14.8. The van der Waals surface area contributed by atoms with Crippen LogP contribution in [0, 0.1) is 0 Å². The zero-order valence-electron chi connectivity index (χ0n) is 10.2. The third-order valence-corrected chi connectivity index (χ3v) is 2.59. The third-order valence-electron chi connectivity index (χ3n) is 2.59. The van der Waals surface area contributed by atoms with Gasteiger partial charge >= 0.3 is 6.18 Å². The van der Waals surface area contributed by atoms with Crippen molar-refractivity contribution in [2.45, 2.75) is 25.2 Å². The molecule has 2 N–H and O–H groups in total. The van der Waals surface area contributed by atoms with Crippen LogP contribution in [0.5, 0.6) is 5.75 Å². The Hall–Kier alpha value is -1.27. The van der Waals surface area contributed by atoms with Crippen LogP contribution >= 0.6 is 0 Å². The number of methoxy groups -OCH3 is 1. The largest absolute Gasteiger partial charge is 0.497 e. The molecule has 0 aliphatic carbocycles. The normalized spacial score (nSPS) is 15.2. The molecule has 0 saturated heterocycles. The van der Waals surface area contributed by atoms with Crippen molar-refractivity contribution in [3.63, 3.8) is 0 Å². The van der Waals surface area contributed by atoms with Gasteiger partial charge in [-0.15, -0.1) is 0 Å². The number of hydrogen-bond acceptors (Lipinski definition) is 3. The molecule has 0 fully saturated rings. The van der Waals surface area contributed by atoms with Gasteiger partial charge in [-0.25, -0.2) is 0 Å². The second-order valence-electron chi connectivity index (χ2n) is 3.96. The fraction of sp³-hybridized carbons (Fsp3) is 0.500. The minimum Gasteiger partial charge on any atom is -0.497 e. The topological polar surface area (TPSA) is 41.5 Å². The maximum Gasteiger partial charge on any atom is 0.415 e. The van der Waals surface area contributed by atoms with Gasteiger partial charge in [0.15, 0.2) is 6.10 Å². The highest BCUT2D eigenvalue weighted by Crippen LogP contribution is 2.21. The number of aliphatic hydroxyl groups excluding tert-OH is 1. The van der Waals surface area contributed by atoms with Crippen LogP contribution in [-0.4, -0.2) is 31.0 Å². The maximum atomic E-state index is 12.1. The standard InChI is InChI=1S/C12H16F3NO2/c1-8(16-7-11(17)12(13,14)15)9-4-3-5-10(6-9)18-2/h3-6,8,11,16-17H,7H2,1-2H3. The lowest BCUT2D eigenvalue weighted by Crippen LogP contribution is -2.39. The van der Waals surface area contributed by atoms with Crippen LogP contribution in [0.3, 0.4) is 0 Å². The van der Waals surface area contributed by atoms with Gasteiger partial charge in [-0.05, 0) is 24.6 Å². The summed E-state index contributed by atoms with van der Waals surface area (Å²) >= 11 is 0. The molecule has 0 heterocycles. The zero-order chi connectivity index (χ0) is 13.8. The van der Waals surface area contributed by atoms with E-state index in [1.54, 1.807) is 31.2 Å². The predicted octanol–water partition coefficient (Wildman–Crippen LogP) is 2.27. The molecule has 1 rings (SSSR count). The summed E-state index contributed by atoms with van der Waals surface area (Å²) in [7, 11) is 1.52. The van der Waals surface area contributed by atoms with Crippen molar-refractivity contribution in [3.05, 3.63) is 29.8 Å². The summed E-state index contributed by atoms with van der Waals surface area (Å²) in [5.74, 6) is 0.637. The third kappa shape index (κ3) is 4.19. The van der Waals surface area contributed by atoms with Crippen molar-refractivity contribution in [1.29, 1.82) is 0 Å². The Morgan fingerprint density at radius 2 is 2.06 bits per heavy atom. The highest BCUT2D eigenvalue weighted by atomic mass is 19.4. The molecule has 2 unspecified atom stereocenters. The van der Waals surface area contributed by atoms with Crippen LogP contribution in [0.25, 0.3) is 0 Å². The summed E-state index contributed by atoms with van der Waals surface area (Å²) in [5.41, 5.74) is 0.795. The molecule has 18 heavy (non-hydrogen) atoms. The summed E-state index contributed by atoms with van der Waals surface area (Å²) in [4.78, 5) is 0. The lowest BCUT2D eigenvalue weighted by Gasteiger charge is -2.19. The van der Waals surface area contributed by atoms with E-state index in [1.807, 2.05) is 0 Å². The van der Waals surface area contributed by atoms with E-state index >= 15 is 0 Å². The molecule has 0 amide bonds. The minimum atomic E-state index is -4.60. The molecule has 3 nitrogen and oxygen atoms in total. The van der Waals surface area contributed by atoms with Crippen molar-refractivity contribution >= 4 is 0 Å². The van der Waals surface area contributed by atoms with Gasteiger partial charge in [-0.1, -0.05) is 12.1 Å². The fourth-order valence-electron chi connectivity index (χ4n) is 1.43. The number of hydrogen-bond donors (Lipinski definition) is 2. The molecular formula is C12H16F3NO2. The Balaban J connectivity index is 2.57. The summed E-state index contributed by atoms with van der Waals surface area (Å²) in [5, 5.41) is 11.5. The van der Waals surface area contributed by atoms with E-state index in [9.17, 15) is 13.2 Å². The molecule has 0 saturated carbocycles. The second kappa shape index (κ2) is 6.06. The van der Waals surface area contributed by atoms with Crippen LogP contribution in [0.4, 0.5) is 13.2 Å². The van der Waals surface area contributed by atoms with Gasteiger partial charge in [-0.3, -0.25) is 0 Å². The molecule has 2 atom stereocenters. The lowest BCUT2D eigenvalue weighted by atomic mass is 10.1. The second-order valence-corrected chi connectivity index (χ2v) is 3.96. The van der Waals surface area contributed by atoms with Crippen LogP contribution in [0.1, 0.15) is 18.5 Å². The van der Waals surface area contributed by atoms with Gasteiger partial charge in [-0.2, -0.15) is 13.2 Å². The molecule has 0 aliphatic rings. The molecule has 102 valence electrons. The molecule has 6 heteroatoms. The molecule has 0 radical (unpaired) electrons. The number of benzene rings is 1. The quantitative estimate of drug-likeness (QED) is 0.856. The van der Waals surface area contributed by atoms with E-state index in [-0.39, 0.29) is 6.04 Å². The first-order valence-electron chi connectivity index (χ1n) is 5.46. The average Bonchev–Trinajstić information content (AvgIpc) is 2.34. The molecule has 0 aliphatic heterocycles. The number of ether oxygens (including phenoxy) is 1. The Labute approximate surface area is 104 Å². The first-order valence-corrected chi connectivity index (χ1v) is 5.46.